The highest BCUT2D eigenvalue weighted by Gasteiger charge is 2.25. The van der Waals surface area contributed by atoms with Gasteiger partial charge in [0.2, 0.25) is 0 Å². The van der Waals surface area contributed by atoms with Gasteiger partial charge in [-0.15, -0.1) is 0 Å². The van der Waals surface area contributed by atoms with Crippen LogP contribution in [0.2, 0.25) is 0 Å². The van der Waals surface area contributed by atoms with Crippen molar-refractivity contribution in [3.8, 4) is 0 Å². The molecule has 3 heterocycles. The molecular formula is C12H21N5. The third-order valence-corrected chi connectivity index (χ3v) is 4.05. The molecule has 0 saturated carbocycles. The molecule has 0 aromatic carbocycles. The van der Waals surface area contributed by atoms with Crippen LogP contribution in [0.15, 0.2) is 0 Å². The van der Waals surface area contributed by atoms with Crippen LogP contribution in [-0.4, -0.2) is 39.3 Å². The highest BCUT2D eigenvalue weighted by molar-refractivity contribution is 5.00. The fourth-order valence-corrected chi connectivity index (χ4v) is 2.97. The van der Waals surface area contributed by atoms with Crippen molar-refractivity contribution < 1.29 is 0 Å². The first-order valence-corrected chi connectivity index (χ1v) is 6.64. The van der Waals surface area contributed by atoms with E-state index in [0.717, 1.165) is 37.3 Å². The van der Waals surface area contributed by atoms with Gasteiger partial charge < -0.3 is 10.6 Å². The van der Waals surface area contributed by atoms with E-state index in [1.54, 1.807) is 0 Å². The molecular weight excluding hydrogens is 214 g/mol. The van der Waals surface area contributed by atoms with Gasteiger partial charge in [-0.2, -0.15) is 5.10 Å². The van der Waals surface area contributed by atoms with Gasteiger partial charge in [-0.05, 0) is 39.3 Å². The summed E-state index contributed by atoms with van der Waals surface area (Å²) >= 11 is 0. The predicted octanol–water partition coefficient (Wildman–Crippen LogP) is 0.708. The molecule has 0 spiro atoms. The van der Waals surface area contributed by atoms with Gasteiger partial charge in [-0.1, -0.05) is 0 Å². The van der Waals surface area contributed by atoms with Gasteiger partial charge in [0.1, 0.15) is 12.0 Å². The summed E-state index contributed by atoms with van der Waals surface area (Å²) < 4.78 is 1.94. The van der Waals surface area contributed by atoms with Crippen molar-refractivity contribution in [1.82, 2.24) is 19.7 Å². The largest absolute Gasteiger partial charge is 0.310 e. The Morgan fingerprint density at radius 1 is 1.35 bits per heavy atom. The molecule has 1 aromatic heterocycles. The smallest absolute Gasteiger partial charge is 0.152 e. The van der Waals surface area contributed by atoms with Crippen LogP contribution in [0.1, 0.15) is 43.5 Å². The molecule has 5 heteroatoms. The summed E-state index contributed by atoms with van der Waals surface area (Å²) in [6.07, 6.45) is 6.79. The maximum Gasteiger partial charge on any atom is 0.152 e. The molecule has 3 rings (SSSR count). The first kappa shape index (κ1) is 11.2. The van der Waals surface area contributed by atoms with Crippen LogP contribution in [0.25, 0.3) is 0 Å². The van der Waals surface area contributed by atoms with E-state index in [0.29, 0.717) is 6.04 Å². The van der Waals surface area contributed by atoms with Gasteiger partial charge in [0.15, 0.2) is 5.82 Å². The van der Waals surface area contributed by atoms with E-state index in [-0.39, 0.29) is 6.17 Å². The maximum atomic E-state index is 6.05. The molecule has 2 aliphatic heterocycles. The first-order valence-electron chi connectivity index (χ1n) is 6.64. The second kappa shape index (κ2) is 4.38. The van der Waals surface area contributed by atoms with E-state index < -0.39 is 0 Å². The quantitative estimate of drug-likeness (QED) is 0.820. The number of nitrogens with zero attached hydrogens (tertiary/aromatic N) is 4. The fourth-order valence-electron chi connectivity index (χ4n) is 2.97. The zero-order chi connectivity index (χ0) is 11.8. The fraction of sp³-hybridized carbons (Fsp3) is 0.833. The Morgan fingerprint density at radius 3 is 2.94 bits per heavy atom. The number of hydrogen-bond acceptors (Lipinski definition) is 4. The molecule has 1 aromatic rings. The van der Waals surface area contributed by atoms with Crippen LogP contribution in [-0.2, 0) is 12.8 Å². The lowest BCUT2D eigenvalue weighted by molar-refractivity contribution is 0.304. The van der Waals surface area contributed by atoms with Crippen molar-refractivity contribution in [2.75, 3.05) is 13.6 Å². The van der Waals surface area contributed by atoms with Gasteiger partial charge in [0, 0.05) is 18.9 Å². The summed E-state index contributed by atoms with van der Waals surface area (Å²) in [7, 11) is 2.19. The van der Waals surface area contributed by atoms with Gasteiger partial charge in [0.25, 0.3) is 0 Å². The molecule has 17 heavy (non-hydrogen) atoms. The number of rotatable bonds is 2. The first-order chi connectivity index (χ1) is 8.24. The average molecular weight is 235 g/mol. The minimum absolute atomic E-state index is 0.0429. The zero-order valence-corrected chi connectivity index (χ0v) is 10.5. The number of aromatic nitrogens is 3. The maximum absolute atomic E-state index is 6.05. The van der Waals surface area contributed by atoms with Crippen molar-refractivity contribution in [3.63, 3.8) is 0 Å². The summed E-state index contributed by atoms with van der Waals surface area (Å²) in [4.78, 5) is 7.06. The highest BCUT2D eigenvalue weighted by Crippen LogP contribution is 2.21. The van der Waals surface area contributed by atoms with E-state index in [4.69, 9.17) is 5.73 Å². The topological polar surface area (TPSA) is 60.0 Å². The molecule has 1 fully saturated rings. The molecule has 2 aliphatic rings. The minimum Gasteiger partial charge on any atom is -0.310 e. The highest BCUT2D eigenvalue weighted by atomic mass is 15.4. The van der Waals surface area contributed by atoms with Gasteiger partial charge in [-0.3, -0.25) is 0 Å². The summed E-state index contributed by atoms with van der Waals surface area (Å²) in [5.41, 5.74) is 6.05. The third-order valence-electron chi connectivity index (χ3n) is 4.05. The third kappa shape index (κ3) is 2.09. The Hall–Kier alpha value is -0.940. The van der Waals surface area contributed by atoms with Crippen LogP contribution in [0, 0.1) is 0 Å². The van der Waals surface area contributed by atoms with E-state index in [1.165, 1.54) is 19.4 Å². The summed E-state index contributed by atoms with van der Waals surface area (Å²) in [5, 5.41) is 4.58. The lowest BCUT2D eigenvalue weighted by Gasteiger charge is -2.18. The van der Waals surface area contributed by atoms with Crippen LogP contribution in [0.5, 0.6) is 0 Å². The molecule has 2 atom stereocenters. The molecule has 0 aliphatic carbocycles. The van der Waals surface area contributed by atoms with E-state index in [2.05, 4.69) is 22.0 Å². The number of nitrogens with two attached hydrogens (primary N) is 1. The minimum atomic E-state index is 0.0429. The number of hydrogen-bond donors (Lipinski definition) is 1. The van der Waals surface area contributed by atoms with Crippen LogP contribution >= 0.6 is 0 Å². The SMILES string of the molecule is CN1CCCC1Cc1nc2n(n1)C(N)CCC2. The Kier molecular flexibility index (Phi) is 2.88. The number of likely N-dealkylation sites (N-methyl/N-ethyl adjacent to an activating group) is 1. The van der Waals surface area contributed by atoms with Crippen LogP contribution in [0.3, 0.4) is 0 Å². The Labute approximate surface area is 102 Å². The zero-order valence-electron chi connectivity index (χ0n) is 10.5. The van der Waals surface area contributed by atoms with Crippen LogP contribution < -0.4 is 5.73 Å². The van der Waals surface area contributed by atoms with Crippen molar-refractivity contribution in [1.29, 1.82) is 0 Å². The van der Waals surface area contributed by atoms with Crippen molar-refractivity contribution in [2.24, 2.45) is 5.73 Å². The molecule has 94 valence electrons. The Bertz CT molecular complexity index is 400. The van der Waals surface area contributed by atoms with Gasteiger partial charge in [0.05, 0.1) is 0 Å². The lowest BCUT2D eigenvalue weighted by atomic mass is 10.1. The van der Waals surface area contributed by atoms with Crippen molar-refractivity contribution >= 4 is 0 Å². The second-order valence-corrected chi connectivity index (χ2v) is 5.33. The standard InChI is InChI=1S/C12H21N5/c1-16-7-3-4-9(16)8-11-14-12-6-2-5-10(13)17(12)15-11/h9-10H,2-8,13H2,1H3. The van der Waals surface area contributed by atoms with Crippen molar-refractivity contribution in [3.05, 3.63) is 11.6 Å². The van der Waals surface area contributed by atoms with Crippen LogP contribution in [0.4, 0.5) is 0 Å². The summed E-state index contributed by atoms with van der Waals surface area (Å²) in [5.74, 6) is 2.07. The predicted molar refractivity (Wildman–Crippen MR) is 65.5 cm³/mol. The van der Waals surface area contributed by atoms with E-state index in [1.807, 2.05) is 4.68 Å². The molecule has 0 bridgehead atoms. The lowest BCUT2D eigenvalue weighted by Crippen LogP contribution is -2.27. The molecule has 5 nitrogen and oxygen atoms in total. The normalized spacial score (nSPS) is 29.5. The van der Waals surface area contributed by atoms with E-state index in [9.17, 15) is 0 Å². The molecule has 0 radical (unpaired) electrons. The molecule has 0 amide bonds. The Morgan fingerprint density at radius 2 is 2.24 bits per heavy atom. The average Bonchev–Trinajstić information content (AvgIpc) is 2.87. The second-order valence-electron chi connectivity index (χ2n) is 5.33. The monoisotopic (exact) mass is 235 g/mol. The number of aryl methyl sites for hydroxylation is 1. The molecule has 1 saturated heterocycles. The molecule has 2 unspecified atom stereocenters. The number of fused-ring (bicyclic) bond motifs is 1. The Balaban J connectivity index is 1.75. The van der Waals surface area contributed by atoms with Gasteiger partial charge in [-0.25, -0.2) is 9.67 Å². The summed E-state index contributed by atoms with van der Waals surface area (Å²) in [6.45, 7) is 1.21. The van der Waals surface area contributed by atoms with Gasteiger partial charge >= 0.3 is 0 Å². The van der Waals surface area contributed by atoms with E-state index >= 15 is 0 Å². The number of likely N-dealkylation sites (tertiary alicyclic amines) is 1. The summed E-state index contributed by atoms with van der Waals surface area (Å²) in [6, 6.07) is 0.621. The van der Waals surface area contributed by atoms with Crippen molar-refractivity contribution in [2.45, 2.75) is 50.7 Å². The molecule has 2 N–H and O–H groups in total.